The largest absolute Gasteiger partial charge is 0.469 e. The average Bonchev–Trinajstić information content (AvgIpc) is 4.23. The standard InChI is InChI=1S/C15H26O.2C13H22O.C13H22S.C12H20O.C11H18O/c1-10(2)12-8-13(16-9-12)14(11(3)4)15(5,6)7;1-9(2)12(13(4,5)6)11-8-7-10(3)14-11;1-6-12(10(4)5)13-7-11(8-14-13)9(2)3;1-9(2)12(13(4,5)6)11-8-7-10(3)14-11;1-8(2)12(9(3)4)11-7-6-10(5)13-11;1-5-10(8(2)3)11-7-6-9(4)12-11/h8-11,14H,1-7H3;7-9,12H,1-6H3;7-10,12H,6H2,1-5H3;7-9,12H,1-6H3;6-9,12H,1-5H3;6-8,10H,5H2,1-4H3/t14-;3*12-;;10-/m0000.0/s1. The van der Waals surface area contributed by atoms with Crippen LogP contribution in [0.25, 0.3) is 0 Å². The van der Waals surface area contributed by atoms with E-state index in [0.717, 1.165) is 58.9 Å². The molecule has 0 fully saturated rings. The first-order valence-corrected chi connectivity index (χ1v) is 33.3. The van der Waals surface area contributed by atoms with Gasteiger partial charge in [0.05, 0.1) is 12.5 Å². The van der Waals surface area contributed by atoms with Crippen molar-refractivity contribution in [1.82, 2.24) is 0 Å². The van der Waals surface area contributed by atoms with E-state index in [-0.39, 0.29) is 10.8 Å². The van der Waals surface area contributed by atoms with Crippen LogP contribution < -0.4 is 0 Å². The Morgan fingerprint density at radius 1 is 0.361 bits per heavy atom. The molecule has 5 atom stereocenters. The van der Waals surface area contributed by atoms with Gasteiger partial charge in [-0.05, 0) is 182 Å². The molecule has 6 heterocycles. The predicted octanol–water partition coefficient (Wildman–Crippen LogP) is 26.7. The van der Waals surface area contributed by atoms with Gasteiger partial charge in [0, 0.05) is 45.3 Å². The van der Waals surface area contributed by atoms with Crippen molar-refractivity contribution in [1.29, 1.82) is 0 Å². The minimum Gasteiger partial charge on any atom is -0.469 e. The second kappa shape index (κ2) is 35.0. The molecular weight excluding hydrogens is 1040 g/mol. The highest BCUT2D eigenvalue weighted by Gasteiger charge is 2.33. The van der Waals surface area contributed by atoms with Crippen LogP contribution in [-0.2, 0) is 0 Å². The zero-order valence-corrected chi connectivity index (χ0v) is 60.8. The maximum absolute atomic E-state index is 5.78. The zero-order valence-electron chi connectivity index (χ0n) is 60.0. The van der Waals surface area contributed by atoms with Crippen LogP contribution in [0.4, 0.5) is 0 Å². The van der Waals surface area contributed by atoms with Crippen molar-refractivity contribution in [2.45, 2.75) is 289 Å². The summed E-state index contributed by atoms with van der Waals surface area (Å²) in [6, 6.07) is 21.5. The summed E-state index contributed by atoms with van der Waals surface area (Å²) in [5.74, 6) is 17.8. The molecule has 0 bridgehead atoms. The summed E-state index contributed by atoms with van der Waals surface area (Å²) in [5.41, 5.74) is 3.51. The number of hydrogen-bond acceptors (Lipinski definition) is 6. The fourth-order valence-electron chi connectivity index (χ4n) is 12.9. The lowest BCUT2D eigenvalue weighted by molar-refractivity contribution is 0.222. The van der Waals surface area contributed by atoms with Gasteiger partial charge in [-0.1, -0.05) is 201 Å². The van der Waals surface area contributed by atoms with Crippen molar-refractivity contribution < 1.29 is 22.1 Å². The molecule has 0 aliphatic rings. The van der Waals surface area contributed by atoms with Gasteiger partial charge in [-0.2, -0.15) is 0 Å². The molecular formula is C77H130O5S. The topological polar surface area (TPSA) is 65.7 Å². The van der Waals surface area contributed by atoms with E-state index in [1.54, 1.807) is 4.88 Å². The Labute approximate surface area is 517 Å². The first kappa shape index (κ1) is 77.1. The van der Waals surface area contributed by atoms with Gasteiger partial charge < -0.3 is 22.1 Å². The highest BCUT2D eigenvalue weighted by Crippen LogP contribution is 2.45. The second-order valence-electron chi connectivity index (χ2n) is 30.5. The SMILES string of the molecule is CC(C)c1coc([C@H](C(C)C)C(C)(C)C)c1.CC[C@H](c1cc(C(C)C)co1)C(C)C.CC[C@H](c1ccc(C)o1)C(C)C.Cc1ccc(C(C(C)C)C(C)C)o1.Cc1ccc([C@H](C(C)C)C(C)(C)C)o1.Cc1ccc([C@H](C(C)C)C(C)(C)C)s1. The Bertz CT molecular complexity index is 2530. The van der Waals surface area contributed by atoms with Gasteiger partial charge in [-0.15, -0.1) is 11.3 Å². The fourth-order valence-corrected chi connectivity index (χ4v) is 14.3. The number of aryl methyl sites for hydroxylation is 4. The fraction of sp³-hybridized carbons (Fsp3) is 0.688. The molecule has 0 aromatic carbocycles. The molecule has 6 aromatic heterocycles. The van der Waals surface area contributed by atoms with Crippen LogP contribution in [0.2, 0.25) is 0 Å². The van der Waals surface area contributed by atoms with E-state index in [4.69, 9.17) is 22.1 Å². The zero-order chi connectivity index (χ0) is 64.2. The molecule has 474 valence electrons. The summed E-state index contributed by atoms with van der Waals surface area (Å²) in [6.45, 7) is 73.8. The first-order chi connectivity index (χ1) is 38.1. The Hall–Kier alpha value is -3.90. The summed E-state index contributed by atoms with van der Waals surface area (Å²) in [7, 11) is 0. The van der Waals surface area contributed by atoms with E-state index in [0.29, 0.717) is 94.2 Å². The van der Waals surface area contributed by atoms with Gasteiger partial charge in [0.1, 0.15) is 46.1 Å². The Kier molecular flexibility index (Phi) is 32.6. The average molecular weight is 1170 g/mol. The third-order valence-electron chi connectivity index (χ3n) is 16.4. The van der Waals surface area contributed by atoms with Crippen molar-refractivity contribution in [3.63, 3.8) is 0 Å². The summed E-state index contributed by atoms with van der Waals surface area (Å²) >= 11 is 1.95. The molecule has 5 nitrogen and oxygen atoms in total. The van der Waals surface area contributed by atoms with E-state index >= 15 is 0 Å². The molecule has 0 saturated heterocycles. The lowest BCUT2D eigenvalue weighted by Crippen LogP contribution is -2.22. The Balaban J connectivity index is 0.000000499. The van der Waals surface area contributed by atoms with Crippen LogP contribution in [0.1, 0.15) is 328 Å². The van der Waals surface area contributed by atoms with Gasteiger partial charge in [0.2, 0.25) is 0 Å². The molecule has 0 saturated carbocycles. The van der Waals surface area contributed by atoms with Crippen LogP contribution in [0.3, 0.4) is 0 Å². The number of furan rings is 5. The summed E-state index contributed by atoms with van der Waals surface area (Å²) in [6.07, 6.45) is 6.14. The lowest BCUT2D eigenvalue weighted by Gasteiger charge is -2.33. The Morgan fingerprint density at radius 2 is 0.699 bits per heavy atom. The highest BCUT2D eigenvalue weighted by atomic mass is 32.1. The summed E-state index contributed by atoms with van der Waals surface area (Å²) < 4.78 is 28.4. The molecule has 83 heavy (non-hydrogen) atoms. The number of rotatable bonds is 17. The van der Waals surface area contributed by atoms with E-state index in [1.807, 2.05) is 56.8 Å². The van der Waals surface area contributed by atoms with Crippen LogP contribution in [-0.4, -0.2) is 0 Å². The van der Waals surface area contributed by atoms with Crippen LogP contribution in [0.5, 0.6) is 0 Å². The summed E-state index contributed by atoms with van der Waals surface area (Å²) in [4.78, 5) is 2.97. The van der Waals surface area contributed by atoms with Crippen molar-refractivity contribution in [3.8, 4) is 0 Å². The van der Waals surface area contributed by atoms with Crippen LogP contribution in [0.15, 0.2) is 95.3 Å². The quantitative estimate of drug-likeness (QED) is 0.0910. The molecule has 0 unspecified atom stereocenters. The third-order valence-corrected chi connectivity index (χ3v) is 17.4. The molecule has 6 rings (SSSR count). The smallest absolute Gasteiger partial charge is 0.108 e. The van der Waals surface area contributed by atoms with Crippen molar-refractivity contribution >= 4 is 11.3 Å². The maximum Gasteiger partial charge on any atom is 0.108 e. The maximum atomic E-state index is 5.78. The molecule has 6 heteroatoms. The van der Waals surface area contributed by atoms with Crippen molar-refractivity contribution in [2.24, 2.45) is 57.7 Å². The van der Waals surface area contributed by atoms with E-state index < -0.39 is 0 Å². The third kappa shape index (κ3) is 25.9. The minimum absolute atomic E-state index is 0.250. The molecule has 6 aromatic rings. The van der Waals surface area contributed by atoms with E-state index in [9.17, 15) is 0 Å². The van der Waals surface area contributed by atoms with Gasteiger partial charge in [0.15, 0.2) is 0 Å². The molecule has 0 amide bonds. The van der Waals surface area contributed by atoms with E-state index in [1.165, 1.54) is 16.0 Å². The summed E-state index contributed by atoms with van der Waals surface area (Å²) in [5, 5.41) is 0. The second-order valence-corrected chi connectivity index (χ2v) is 31.8. The highest BCUT2D eigenvalue weighted by molar-refractivity contribution is 7.12. The molecule has 0 aliphatic heterocycles. The minimum atomic E-state index is 0.250. The predicted molar refractivity (Wildman–Crippen MR) is 364 cm³/mol. The van der Waals surface area contributed by atoms with Crippen LogP contribution >= 0.6 is 11.3 Å². The van der Waals surface area contributed by atoms with Crippen LogP contribution in [0, 0.1) is 85.4 Å². The van der Waals surface area contributed by atoms with Gasteiger partial charge in [-0.3, -0.25) is 0 Å². The van der Waals surface area contributed by atoms with Crippen molar-refractivity contribution in [2.75, 3.05) is 0 Å². The molecule has 0 N–H and O–H groups in total. The van der Waals surface area contributed by atoms with E-state index in [2.05, 4.69) is 256 Å². The van der Waals surface area contributed by atoms with Gasteiger partial charge in [-0.25, -0.2) is 0 Å². The first-order valence-electron chi connectivity index (χ1n) is 32.5. The van der Waals surface area contributed by atoms with Gasteiger partial charge >= 0.3 is 0 Å². The number of hydrogen-bond donors (Lipinski definition) is 0. The van der Waals surface area contributed by atoms with Gasteiger partial charge in [0.25, 0.3) is 0 Å². The Morgan fingerprint density at radius 3 is 0.976 bits per heavy atom. The van der Waals surface area contributed by atoms with Crippen molar-refractivity contribution in [3.05, 3.63) is 140 Å². The lowest BCUT2D eigenvalue weighted by atomic mass is 9.73. The molecule has 0 radical (unpaired) electrons. The monoisotopic (exact) mass is 1170 g/mol. The molecule has 0 aliphatic carbocycles. The number of thiophene rings is 1. The normalized spacial score (nSPS) is 14.1. The molecule has 0 spiro atoms.